The second-order valence-corrected chi connectivity index (χ2v) is 5.48. The molecule has 1 saturated heterocycles. The average molecular weight is 294 g/mol. The zero-order valence-corrected chi connectivity index (χ0v) is 15.0. The van der Waals surface area contributed by atoms with Crippen molar-refractivity contribution in [2.24, 2.45) is 5.41 Å². The second-order valence-electron chi connectivity index (χ2n) is 5.48. The third kappa shape index (κ3) is 3.66. The number of carbonyl (C=O) groups is 1. The molecule has 6 nitrogen and oxygen atoms in total. The van der Waals surface area contributed by atoms with E-state index in [1.54, 1.807) is 6.92 Å². The summed E-state index contributed by atoms with van der Waals surface area (Å²) in [6.07, 6.45) is -0.727. The molecule has 0 aromatic carbocycles. The minimum Gasteiger partial charge on any atom is -0.476 e. The minimum absolute atomic E-state index is 0. The van der Waals surface area contributed by atoms with Crippen LogP contribution in [0.15, 0.2) is 4.52 Å². The standard InChI is InChI=1S/C12H17NO5.K/c1-6-8(10(14)15)13-18-9(6)11-16-5-7(17-11)12(2,3)4;/h7,11H,5H2,1-4H3,(H,14,15);. The molecule has 0 spiro atoms. The quantitative estimate of drug-likeness (QED) is 0.837. The second kappa shape index (κ2) is 6.34. The van der Waals surface area contributed by atoms with Crippen molar-refractivity contribution in [3.05, 3.63) is 17.0 Å². The number of carboxylic acids is 1. The third-order valence-corrected chi connectivity index (χ3v) is 3.03. The molecule has 2 unspecified atom stereocenters. The van der Waals surface area contributed by atoms with E-state index in [-0.39, 0.29) is 68.6 Å². The zero-order chi connectivity index (χ0) is 13.5. The van der Waals surface area contributed by atoms with Crippen molar-refractivity contribution < 1.29 is 23.9 Å². The van der Waals surface area contributed by atoms with Crippen molar-refractivity contribution in [2.45, 2.75) is 40.1 Å². The van der Waals surface area contributed by atoms with E-state index in [2.05, 4.69) is 25.9 Å². The van der Waals surface area contributed by atoms with E-state index in [9.17, 15) is 4.79 Å². The molecule has 1 aliphatic rings. The predicted octanol–water partition coefficient (Wildman–Crippen LogP) is 1.76. The topological polar surface area (TPSA) is 81.8 Å². The Morgan fingerprint density at radius 3 is 2.47 bits per heavy atom. The summed E-state index contributed by atoms with van der Waals surface area (Å²) < 4.78 is 16.3. The Balaban J connectivity index is 0.00000180. The Hall–Kier alpha value is 0.236. The molecular weight excluding hydrogens is 277 g/mol. The smallest absolute Gasteiger partial charge is 0.358 e. The van der Waals surface area contributed by atoms with E-state index < -0.39 is 12.3 Å². The number of ether oxygens (including phenoxy) is 2. The van der Waals surface area contributed by atoms with Crippen LogP contribution in [0.3, 0.4) is 0 Å². The molecule has 2 heterocycles. The summed E-state index contributed by atoms with van der Waals surface area (Å²) in [5.41, 5.74) is 0.302. The number of hydrogen-bond donors (Lipinski definition) is 1. The van der Waals surface area contributed by atoms with Gasteiger partial charge in [-0.3, -0.25) is 0 Å². The van der Waals surface area contributed by atoms with E-state index >= 15 is 0 Å². The Morgan fingerprint density at radius 2 is 2.05 bits per heavy atom. The first kappa shape index (κ1) is 17.3. The molecule has 0 bridgehead atoms. The van der Waals surface area contributed by atoms with Gasteiger partial charge in [0.15, 0.2) is 11.5 Å². The summed E-state index contributed by atoms with van der Waals surface area (Å²) in [5.74, 6) is -0.785. The molecule has 1 N–H and O–H groups in total. The maximum absolute atomic E-state index is 10.9. The van der Waals surface area contributed by atoms with E-state index in [4.69, 9.17) is 19.1 Å². The molecule has 1 aromatic rings. The normalized spacial score (nSPS) is 23.2. The first-order chi connectivity index (χ1) is 8.30. The molecule has 1 fully saturated rings. The fraction of sp³-hybridized carbons (Fsp3) is 0.667. The van der Waals surface area contributed by atoms with Gasteiger partial charge in [-0.1, -0.05) is 25.9 Å². The first-order valence-electron chi connectivity index (χ1n) is 5.77. The van der Waals surface area contributed by atoms with Gasteiger partial charge in [0.05, 0.1) is 12.7 Å². The van der Waals surface area contributed by atoms with Crippen LogP contribution in [0.25, 0.3) is 0 Å². The summed E-state index contributed by atoms with van der Waals surface area (Å²) in [4.78, 5) is 10.9. The van der Waals surface area contributed by atoms with Crippen molar-refractivity contribution in [2.75, 3.05) is 6.61 Å². The predicted molar refractivity (Wildman–Crippen MR) is 67.0 cm³/mol. The van der Waals surface area contributed by atoms with Gasteiger partial charge in [-0.25, -0.2) is 4.79 Å². The van der Waals surface area contributed by atoms with Gasteiger partial charge in [0.2, 0.25) is 6.29 Å². The van der Waals surface area contributed by atoms with Gasteiger partial charge in [0.1, 0.15) is 0 Å². The van der Waals surface area contributed by atoms with Gasteiger partial charge in [0.25, 0.3) is 0 Å². The molecule has 1 aliphatic heterocycles. The molecule has 0 amide bonds. The van der Waals surface area contributed by atoms with Crippen molar-refractivity contribution >= 4 is 57.4 Å². The maximum Gasteiger partial charge on any atom is 0.358 e. The Labute approximate surface area is 154 Å². The third-order valence-electron chi connectivity index (χ3n) is 3.03. The van der Waals surface area contributed by atoms with Crippen molar-refractivity contribution in [3.8, 4) is 0 Å². The molecule has 7 heteroatoms. The molecule has 2 rings (SSSR count). The molecule has 19 heavy (non-hydrogen) atoms. The molecule has 0 aliphatic carbocycles. The van der Waals surface area contributed by atoms with Crippen LogP contribution in [-0.2, 0) is 9.47 Å². The van der Waals surface area contributed by atoms with Gasteiger partial charge in [0, 0.05) is 56.9 Å². The van der Waals surface area contributed by atoms with Crippen LogP contribution in [-0.4, -0.2) is 80.3 Å². The largest absolute Gasteiger partial charge is 0.476 e. The van der Waals surface area contributed by atoms with Crippen LogP contribution in [0.2, 0.25) is 0 Å². The van der Waals surface area contributed by atoms with Crippen LogP contribution >= 0.6 is 0 Å². The van der Waals surface area contributed by atoms with Gasteiger partial charge < -0.3 is 19.1 Å². The Kier molecular flexibility index (Phi) is 5.77. The van der Waals surface area contributed by atoms with Crippen LogP contribution in [0, 0.1) is 12.3 Å². The van der Waals surface area contributed by atoms with Crippen molar-refractivity contribution in [1.82, 2.24) is 5.16 Å². The molecule has 101 valence electrons. The van der Waals surface area contributed by atoms with Crippen molar-refractivity contribution in [3.63, 3.8) is 0 Å². The Bertz CT molecular complexity index is 465. The summed E-state index contributed by atoms with van der Waals surface area (Å²) >= 11 is 0. The van der Waals surface area contributed by atoms with Gasteiger partial charge in [-0.05, 0) is 12.3 Å². The summed E-state index contributed by atoms with van der Waals surface area (Å²) in [5, 5.41) is 12.4. The molecule has 2 atom stereocenters. The van der Waals surface area contributed by atoms with E-state index in [0.29, 0.717) is 17.9 Å². The van der Waals surface area contributed by atoms with Gasteiger partial charge in [-0.2, -0.15) is 0 Å². The fourth-order valence-corrected chi connectivity index (χ4v) is 1.76. The van der Waals surface area contributed by atoms with E-state index in [1.807, 2.05) is 0 Å². The van der Waals surface area contributed by atoms with Crippen LogP contribution in [0.1, 0.15) is 48.9 Å². The number of aromatic nitrogens is 1. The molecule has 1 radical (unpaired) electrons. The Morgan fingerprint density at radius 1 is 1.42 bits per heavy atom. The molecular formula is C12H17KNO5. The summed E-state index contributed by atoms with van der Waals surface area (Å²) in [6.45, 7) is 8.25. The number of rotatable bonds is 2. The number of aromatic carboxylic acids is 1. The number of carboxylic acid groups (broad SMARTS) is 1. The van der Waals surface area contributed by atoms with E-state index in [0.717, 1.165) is 0 Å². The monoisotopic (exact) mass is 294 g/mol. The van der Waals surface area contributed by atoms with Gasteiger partial charge in [-0.15, -0.1) is 0 Å². The van der Waals surface area contributed by atoms with Crippen LogP contribution in [0.5, 0.6) is 0 Å². The minimum atomic E-state index is -1.12. The average Bonchev–Trinajstić information content (AvgIpc) is 2.81. The fourth-order valence-electron chi connectivity index (χ4n) is 1.76. The maximum atomic E-state index is 10.9. The first-order valence-corrected chi connectivity index (χ1v) is 5.77. The van der Waals surface area contributed by atoms with E-state index in [1.165, 1.54) is 0 Å². The molecule has 1 aromatic heterocycles. The zero-order valence-electron chi connectivity index (χ0n) is 11.9. The van der Waals surface area contributed by atoms with Crippen LogP contribution in [0.4, 0.5) is 0 Å². The van der Waals surface area contributed by atoms with Crippen LogP contribution < -0.4 is 0 Å². The number of nitrogens with zero attached hydrogens (tertiary/aromatic N) is 1. The molecule has 0 saturated carbocycles. The summed E-state index contributed by atoms with van der Waals surface area (Å²) in [6, 6.07) is 0. The number of hydrogen-bond acceptors (Lipinski definition) is 5. The van der Waals surface area contributed by atoms with Gasteiger partial charge >= 0.3 is 5.97 Å². The van der Waals surface area contributed by atoms with Crippen molar-refractivity contribution in [1.29, 1.82) is 0 Å². The summed E-state index contributed by atoms with van der Waals surface area (Å²) in [7, 11) is 0. The SMILES string of the molecule is Cc1c(C(=O)O)noc1C1OCC(C(C)(C)C)O1.[K].